The topological polar surface area (TPSA) is 32.3 Å². The van der Waals surface area contributed by atoms with Crippen LogP contribution in [0.2, 0.25) is 0 Å². The van der Waals surface area contributed by atoms with Crippen molar-refractivity contribution < 1.29 is 13.6 Å². The van der Waals surface area contributed by atoms with Crippen LogP contribution in [0.5, 0.6) is 0 Å². The van der Waals surface area contributed by atoms with Crippen LogP contribution in [-0.2, 0) is 0 Å². The van der Waals surface area contributed by atoms with E-state index in [2.05, 4.69) is 5.32 Å². The van der Waals surface area contributed by atoms with Gasteiger partial charge in [0.25, 0.3) is 0 Å². The number of urea groups is 1. The van der Waals surface area contributed by atoms with E-state index in [0.717, 1.165) is 17.2 Å². The molecule has 0 fully saturated rings. The fourth-order valence-corrected chi connectivity index (χ4v) is 2.09. The Morgan fingerprint density at radius 2 is 1.50 bits per heavy atom. The van der Waals surface area contributed by atoms with Crippen molar-refractivity contribution in [3.63, 3.8) is 0 Å². The highest BCUT2D eigenvalue weighted by Gasteiger charge is 2.13. The monoisotopic (exact) mass is 304 g/mol. The molecule has 0 saturated heterocycles. The Balaban J connectivity index is 2.58. The molecule has 3 nitrogen and oxygen atoms in total. The number of carbonyl (C=O) groups is 1. The summed E-state index contributed by atoms with van der Waals surface area (Å²) >= 11 is 0. The van der Waals surface area contributed by atoms with E-state index in [9.17, 15) is 13.6 Å². The molecule has 0 aliphatic rings. The summed E-state index contributed by atoms with van der Waals surface area (Å²) in [6.07, 6.45) is 0. The maximum Gasteiger partial charge on any atom is 0.321 e. The van der Waals surface area contributed by atoms with Crippen molar-refractivity contribution in [2.24, 2.45) is 0 Å². The number of hydrogen-bond donors (Lipinski definition) is 1. The first-order chi connectivity index (χ1) is 10.3. The Bertz CT molecular complexity index is 707. The Morgan fingerprint density at radius 1 is 0.955 bits per heavy atom. The van der Waals surface area contributed by atoms with Crippen LogP contribution in [0.25, 0.3) is 11.1 Å². The highest BCUT2D eigenvalue weighted by Crippen LogP contribution is 2.32. The summed E-state index contributed by atoms with van der Waals surface area (Å²) in [6.45, 7) is 3.82. The molecule has 5 heteroatoms. The van der Waals surface area contributed by atoms with Gasteiger partial charge in [0.05, 0.1) is 5.69 Å². The second-order valence-corrected chi connectivity index (χ2v) is 5.46. The molecule has 0 heterocycles. The summed E-state index contributed by atoms with van der Waals surface area (Å²) < 4.78 is 27.0. The lowest BCUT2D eigenvalue weighted by atomic mass is 9.98. The zero-order chi connectivity index (χ0) is 16.4. The number of amides is 2. The van der Waals surface area contributed by atoms with Gasteiger partial charge in [0.15, 0.2) is 0 Å². The van der Waals surface area contributed by atoms with Crippen molar-refractivity contribution >= 4 is 11.7 Å². The second-order valence-electron chi connectivity index (χ2n) is 5.46. The summed E-state index contributed by atoms with van der Waals surface area (Å²) in [5.74, 6) is -1.31. The minimum absolute atomic E-state index is 0.304. The van der Waals surface area contributed by atoms with E-state index in [-0.39, 0.29) is 6.03 Å². The van der Waals surface area contributed by atoms with E-state index in [0.29, 0.717) is 16.8 Å². The number of halogens is 2. The zero-order valence-corrected chi connectivity index (χ0v) is 13.0. The number of benzene rings is 2. The minimum atomic E-state index is -0.655. The standard InChI is InChI=1S/C17H18F2N2O/c1-10-5-15(12-7-13(18)9-14(19)8-12)16(6-11(10)2)20-17(22)21(3)4/h5-9H,1-4H3,(H,20,22). The summed E-state index contributed by atoms with van der Waals surface area (Å²) in [5.41, 5.74) is 3.44. The predicted molar refractivity (Wildman–Crippen MR) is 84.0 cm³/mol. The maximum atomic E-state index is 13.5. The maximum absolute atomic E-state index is 13.5. The van der Waals surface area contributed by atoms with E-state index in [4.69, 9.17) is 0 Å². The quantitative estimate of drug-likeness (QED) is 0.879. The highest BCUT2D eigenvalue weighted by atomic mass is 19.1. The summed E-state index contributed by atoms with van der Waals surface area (Å²) in [7, 11) is 3.25. The predicted octanol–water partition coefficient (Wildman–Crippen LogP) is 4.34. The van der Waals surface area contributed by atoms with Crippen LogP contribution < -0.4 is 5.32 Å². The molecule has 0 aliphatic carbocycles. The fraction of sp³-hybridized carbons (Fsp3) is 0.235. The minimum Gasteiger partial charge on any atom is -0.331 e. The first-order valence-electron chi connectivity index (χ1n) is 6.84. The third-order valence-electron chi connectivity index (χ3n) is 3.46. The van der Waals surface area contributed by atoms with E-state index in [1.165, 1.54) is 17.0 Å². The third kappa shape index (κ3) is 3.42. The van der Waals surface area contributed by atoms with Gasteiger partial charge < -0.3 is 10.2 Å². The highest BCUT2D eigenvalue weighted by molar-refractivity contribution is 5.94. The van der Waals surface area contributed by atoms with Crippen LogP contribution in [0.4, 0.5) is 19.3 Å². The number of nitrogens with one attached hydrogen (secondary N) is 1. The van der Waals surface area contributed by atoms with Gasteiger partial charge in [-0.3, -0.25) is 0 Å². The van der Waals surface area contributed by atoms with Crippen molar-refractivity contribution in [2.75, 3.05) is 19.4 Å². The van der Waals surface area contributed by atoms with E-state index in [1.54, 1.807) is 20.2 Å². The van der Waals surface area contributed by atoms with Crippen LogP contribution in [0.15, 0.2) is 30.3 Å². The van der Waals surface area contributed by atoms with Gasteiger partial charge in [0, 0.05) is 25.7 Å². The molecule has 0 unspecified atom stereocenters. The first kappa shape index (κ1) is 15.9. The summed E-state index contributed by atoms with van der Waals surface area (Å²) in [5, 5.41) is 2.76. The molecule has 0 spiro atoms. The molecule has 2 rings (SSSR count). The first-order valence-corrected chi connectivity index (χ1v) is 6.84. The van der Waals surface area contributed by atoms with Crippen LogP contribution in [0.1, 0.15) is 11.1 Å². The van der Waals surface area contributed by atoms with Crippen molar-refractivity contribution in [1.29, 1.82) is 0 Å². The van der Waals surface area contributed by atoms with Crippen LogP contribution >= 0.6 is 0 Å². The summed E-state index contributed by atoms with van der Waals surface area (Å²) in [6, 6.07) is 6.63. The van der Waals surface area contributed by atoms with Gasteiger partial charge in [0.2, 0.25) is 0 Å². The second kappa shape index (κ2) is 6.13. The van der Waals surface area contributed by atoms with E-state index in [1.807, 2.05) is 19.9 Å². The van der Waals surface area contributed by atoms with Gasteiger partial charge in [-0.2, -0.15) is 0 Å². The number of hydrogen-bond acceptors (Lipinski definition) is 1. The lowest BCUT2D eigenvalue weighted by Crippen LogP contribution is -2.27. The SMILES string of the molecule is Cc1cc(NC(=O)N(C)C)c(-c2cc(F)cc(F)c2)cc1C. The molecule has 1 N–H and O–H groups in total. The van der Waals surface area contributed by atoms with Crippen molar-refractivity contribution in [3.8, 4) is 11.1 Å². The molecule has 2 aromatic rings. The Kier molecular flexibility index (Phi) is 4.45. The smallest absolute Gasteiger partial charge is 0.321 e. The van der Waals surface area contributed by atoms with E-state index < -0.39 is 11.6 Å². The third-order valence-corrected chi connectivity index (χ3v) is 3.46. The largest absolute Gasteiger partial charge is 0.331 e. The molecule has 0 aliphatic heterocycles. The number of aryl methyl sites for hydroxylation is 2. The molecule has 0 bridgehead atoms. The van der Waals surface area contributed by atoms with Crippen LogP contribution in [0.3, 0.4) is 0 Å². The van der Waals surface area contributed by atoms with Crippen molar-refractivity contribution in [2.45, 2.75) is 13.8 Å². The van der Waals surface area contributed by atoms with E-state index >= 15 is 0 Å². The fourth-order valence-electron chi connectivity index (χ4n) is 2.09. The van der Waals surface area contributed by atoms with Crippen molar-refractivity contribution in [1.82, 2.24) is 4.90 Å². The molecule has 0 saturated carbocycles. The molecule has 0 atom stereocenters. The normalized spacial score (nSPS) is 10.5. The molecule has 22 heavy (non-hydrogen) atoms. The lowest BCUT2D eigenvalue weighted by molar-refractivity contribution is 0.230. The molecule has 2 amide bonds. The molecular weight excluding hydrogens is 286 g/mol. The Labute approximate surface area is 128 Å². The van der Waals surface area contributed by atoms with Gasteiger partial charge in [-0.25, -0.2) is 13.6 Å². The average molecular weight is 304 g/mol. The average Bonchev–Trinajstić information content (AvgIpc) is 2.41. The molecule has 0 aromatic heterocycles. The number of nitrogens with zero attached hydrogens (tertiary/aromatic N) is 1. The number of rotatable bonds is 2. The summed E-state index contributed by atoms with van der Waals surface area (Å²) in [4.78, 5) is 13.3. The zero-order valence-electron chi connectivity index (χ0n) is 13.0. The number of anilines is 1. The van der Waals surface area contributed by atoms with Crippen LogP contribution in [0, 0.1) is 25.5 Å². The van der Waals surface area contributed by atoms with Gasteiger partial charge in [-0.15, -0.1) is 0 Å². The van der Waals surface area contributed by atoms with Gasteiger partial charge >= 0.3 is 6.03 Å². The molecule has 116 valence electrons. The Morgan fingerprint density at radius 3 is 2.05 bits per heavy atom. The number of carbonyl (C=O) groups excluding carboxylic acids is 1. The van der Waals surface area contributed by atoms with Gasteiger partial charge in [-0.05, 0) is 54.8 Å². The Hall–Kier alpha value is -2.43. The van der Waals surface area contributed by atoms with Crippen molar-refractivity contribution in [3.05, 3.63) is 53.1 Å². The lowest BCUT2D eigenvalue weighted by Gasteiger charge is -2.17. The molecular formula is C17H18F2N2O. The molecule has 0 radical (unpaired) electrons. The van der Waals surface area contributed by atoms with Crippen LogP contribution in [-0.4, -0.2) is 25.0 Å². The molecule has 2 aromatic carbocycles. The van der Waals surface area contributed by atoms with Gasteiger partial charge in [-0.1, -0.05) is 0 Å². The van der Waals surface area contributed by atoms with Gasteiger partial charge in [0.1, 0.15) is 11.6 Å².